The summed E-state index contributed by atoms with van der Waals surface area (Å²) in [5.41, 5.74) is 1.62. The maximum absolute atomic E-state index is 13.2. The van der Waals surface area contributed by atoms with E-state index in [-0.39, 0.29) is 28.8 Å². The van der Waals surface area contributed by atoms with Gasteiger partial charge in [0.25, 0.3) is 0 Å². The number of allylic oxidation sites excluding steroid dienone is 2. The van der Waals surface area contributed by atoms with E-state index in [2.05, 4.69) is 20.8 Å². The van der Waals surface area contributed by atoms with Crippen molar-refractivity contribution in [3.63, 3.8) is 0 Å². The Balaban J connectivity index is 1.68. The minimum Gasteiger partial charge on any atom is -0.462 e. The monoisotopic (exact) mass is 344 g/mol. The van der Waals surface area contributed by atoms with Crippen LogP contribution in [0.25, 0.3) is 0 Å². The van der Waals surface area contributed by atoms with Crippen LogP contribution in [0.15, 0.2) is 11.6 Å². The predicted octanol–water partition coefficient (Wildman–Crippen LogP) is 4.70. The standard InChI is InChI=1S/C22H32O3/c1-13-7-9-21(3)15(11-13)12-18(24)20-16-5-6-19(25-14(2)23)22(16,4)10-8-17(20)21/h12-13,16-17,19-20H,5-11H2,1-4H3/t13-,16?,17?,19-,20?,21-,22-/m0/s1. The van der Waals surface area contributed by atoms with Gasteiger partial charge in [0, 0.05) is 18.3 Å². The van der Waals surface area contributed by atoms with E-state index in [4.69, 9.17) is 4.74 Å². The number of carbonyl (C=O) groups excluding carboxylic acids is 2. The Morgan fingerprint density at radius 2 is 1.88 bits per heavy atom. The molecule has 0 bridgehead atoms. The lowest BCUT2D eigenvalue weighted by atomic mass is 9.47. The van der Waals surface area contributed by atoms with Gasteiger partial charge in [0.2, 0.25) is 0 Å². The largest absolute Gasteiger partial charge is 0.462 e. The van der Waals surface area contributed by atoms with Crippen LogP contribution in [-0.4, -0.2) is 17.9 Å². The zero-order valence-corrected chi connectivity index (χ0v) is 16.1. The second kappa shape index (κ2) is 5.69. The summed E-state index contributed by atoms with van der Waals surface area (Å²) in [5, 5.41) is 0. The summed E-state index contributed by atoms with van der Waals surface area (Å²) in [5.74, 6) is 1.89. The molecule has 0 radical (unpaired) electrons. The lowest BCUT2D eigenvalue weighted by Gasteiger charge is -2.57. The lowest BCUT2D eigenvalue weighted by molar-refractivity contribution is -0.158. The first kappa shape index (κ1) is 17.3. The highest BCUT2D eigenvalue weighted by molar-refractivity contribution is 5.94. The van der Waals surface area contributed by atoms with E-state index in [1.54, 1.807) is 0 Å². The molecular formula is C22H32O3. The van der Waals surface area contributed by atoms with Crippen molar-refractivity contribution in [2.45, 2.75) is 78.7 Å². The molecule has 3 unspecified atom stereocenters. The predicted molar refractivity (Wildman–Crippen MR) is 96.8 cm³/mol. The second-order valence-corrected chi connectivity index (χ2v) is 9.80. The number of fused-ring (bicyclic) bond motifs is 5. The van der Waals surface area contributed by atoms with Crippen molar-refractivity contribution in [1.82, 2.24) is 0 Å². The van der Waals surface area contributed by atoms with E-state index in [9.17, 15) is 9.59 Å². The molecule has 4 rings (SSSR count). The summed E-state index contributed by atoms with van der Waals surface area (Å²) < 4.78 is 5.68. The minimum atomic E-state index is -0.181. The molecule has 0 saturated heterocycles. The third-order valence-corrected chi connectivity index (χ3v) is 8.41. The molecule has 7 atom stereocenters. The number of carbonyl (C=O) groups is 2. The summed E-state index contributed by atoms with van der Waals surface area (Å²) in [4.78, 5) is 24.7. The average Bonchev–Trinajstić information content (AvgIpc) is 2.85. The van der Waals surface area contributed by atoms with Crippen LogP contribution in [0.4, 0.5) is 0 Å². The number of hydrogen-bond donors (Lipinski definition) is 0. The van der Waals surface area contributed by atoms with Gasteiger partial charge in [0.05, 0.1) is 0 Å². The molecule has 138 valence electrons. The Morgan fingerprint density at radius 3 is 2.60 bits per heavy atom. The molecule has 0 heterocycles. The molecule has 4 aliphatic rings. The van der Waals surface area contributed by atoms with Gasteiger partial charge in [-0.1, -0.05) is 26.3 Å². The van der Waals surface area contributed by atoms with Crippen LogP contribution in [-0.2, 0) is 14.3 Å². The fraction of sp³-hybridized carbons (Fsp3) is 0.818. The van der Waals surface area contributed by atoms with Crippen LogP contribution < -0.4 is 0 Å². The maximum Gasteiger partial charge on any atom is 0.302 e. The van der Waals surface area contributed by atoms with Crippen molar-refractivity contribution >= 4 is 11.8 Å². The van der Waals surface area contributed by atoms with E-state index in [0.717, 1.165) is 32.1 Å². The number of rotatable bonds is 1. The highest BCUT2D eigenvalue weighted by Crippen LogP contribution is 2.64. The van der Waals surface area contributed by atoms with Crippen molar-refractivity contribution < 1.29 is 14.3 Å². The molecule has 0 aromatic carbocycles. The van der Waals surface area contributed by atoms with Crippen molar-refractivity contribution in [1.29, 1.82) is 0 Å². The molecule has 0 N–H and O–H groups in total. The molecule has 0 aromatic heterocycles. The van der Waals surface area contributed by atoms with E-state index >= 15 is 0 Å². The van der Waals surface area contributed by atoms with E-state index in [1.807, 2.05) is 6.08 Å². The number of ketones is 1. The minimum absolute atomic E-state index is 0.00619. The summed E-state index contributed by atoms with van der Waals surface area (Å²) in [6.45, 7) is 8.52. The van der Waals surface area contributed by atoms with Crippen LogP contribution in [0, 0.1) is 34.5 Å². The van der Waals surface area contributed by atoms with E-state index in [0.29, 0.717) is 23.5 Å². The molecule has 0 spiro atoms. The molecule has 0 aliphatic heterocycles. The number of hydrogen-bond acceptors (Lipinski definition) is 3. The van der Waals surface area contributed by atoms with Crippen LogP contribution >= 0.6 is 0 Å². The number of ether oxygens (including phenoxy) is 1. The molecule has 3 fully saturated rings. The zero-order chi connectivity index (χ0) is 18.0. The van der Waals surface area contributed by atoms with Crippen molar-refractivity contribution in [3.05, 3.63) is 11.6 Å². The van der Waals surface area contributed by atoms with E-state index in [1.165, 1.54) is 25.3 Å². The first-order valence-electron chi connectivity index (χ1n) is 10.2. The van der Waals surface area contributed by atoms with Gasteiger partial charge < -0.3 is 4.74 Å². The lowest BCUT2D eigenvalue weighted by Crippen LogP contribution is -2.54. The first-order valence-corrected chi connectivity index (χ1v) is 10.2. The van der Waals surface area contributed by atoms with Gasteiger partial charge >= 0.3 is 5.97 Å². The zero-order valence-electron chi connectivity index (χ0n) is 16.1. The molecule has 3 saturated carbocycles. The van der Waals surface area contributed by atoms with Crippen LogP contribution in [0.2, 0.25) is 0 Å². The van der Waals surface area contributed by atoms with Crippen molar-refractivity contribution in [2.75, 3.05) is 0 Å². The third kappa shape index (κ3) is 2.44. The normalized spacial score (nSPS) is 48.9. The second-order valence-electron chi connectivity index (χ2n) is 9.80. The molecular weight excluding hydrogens is 312 g/mol. The molecule has 3 nitrogen and oxygen atoms in total. The van der Waals surface area contributed by atoms with Gasteiger partial charge in [-0.05, 0) is 74.2 Å². The van der Waals surface area contributed by atoms with Gasteiger partial charge in [0.15, 0.2) is 5.78 Å². The van der Waals surface area contributed by atoms with Gasteiger partial charge in [-0.3, -0.25) is 9.59 Å². The fourth-order valence-electron chi connectivity index (χ4n) is 6.93. The molecule has 0 amide bonds. The first-order chi connectivity index (χ1) is 11.8. The Kier molecular flexibility index (Phi) is 3.94. The molecule has 0 aromatic rings. The smallest absolute Gasteiger partial charge is 0.302 e. The summed E-state index contributed by atoms with van der Waals surface area (Å²) >= 11 is 0. The van der Waals surface area contributed by atoms with Crippen LogP contribution in [0.1, 0.15) is 72.6 Å². The average molecular weight is 344 g/mol. The van der Waals surface area contributed by atoms with Crippen LogP contribution in [0.3, 0.4) is 0 Å². The van der Waals surface area contributed by atoms with E-state index < -0.39 is 0 Å². The Labute approximate surface area is 151 Å². The highest BCUT2D eigenvalue weighted by Gasteiger charge is 2.61. The molecule has 3 heteroatoms. The SMILES string of the molecule is CC(=O)O[C@H]1CCC2C3C(=O)C=C4C[C@@H](C)CC[C@]4(C)C3CC[C@@]21C. The van der Waals surface area contributed by atoms with Gasteiger partial charge in [0.1, 0.15) is 6.10 Å². The molecule has 25 heavy (non-hydrogen) atoms. The maximum atomic E-state index is 13.2. The Bertz CT molecular complexity index is 635. The highest BCUT2D eigenvalue weighted by atomic mass is 16.5. The van der Waals surface area contributed by atoms with Crippen LogP contribution in [0.5, 0.6) is 0 Å². The van der Waals surface area contributed by atoms with Gasteiger partial charge in [-0.25, -0.2) is 0 Å². The Hall–Kier alpha value is -1.12. The van der Waals surface area contributed by atoms with Crippen molar-refractivity contribution in [3.8, 4) is 0 Å². The fourth-order valence-corrected chi connectivity index (χ4v) is 6.93. The van der Waals surface area contributed by atoms with Crippen molar-refractivity contribution in [2.24, 2.45) is 34.5 Å². The number of esters is 1. The Morgan fingerprint density at radius 1 is 1.12 bits per heavy atom. The summed E-state index contributed by atoms with van der Waals surface area (Å²) in [6, 6.07) is 0. The quantitative estimate of drug-likeness (QED) is 0.648. The summed E-state index contributed by atoms with van der Waals surface area (Å²) in [7, 11) is 0. The summed E-state index contributed by atoms with van der Waals surface area (Å²) in [6.07, 6.45) is 9.76. The van der Waals surface area contributed by atoms with Gasteiger partial charge in [-0.2, -0.15) is 0 Å². The topological polar surface area (TPSA) is 43.4 Å². The molecule has 4 aliphatic carbocycles. The third-order valence-electron chi connectivity index (χ3n) is 8.41. The van der Waals surface area contributed by atoms with Gasteiger partial charge in [-0.15, -0.1) is 0 Å².